The Bertz CT molecular complexity index is 1650. The molecule has 0 aliphatic carbocycles. The lowest BCUT2D eigenvalue weighted by Gasteiger charge is -2.29. The number of amides is 6. The number of alkyl halides is 3. The first-order chi connectivity index (χ1) is 26.3. The zero-order chi connectivity index (χ0) is 42.0. The molecule has 5 atom stereocenters. The number of carbonyl (C=O) groups is 7. The van der Waals surface area contributed by atoms with Crippen molar-refractivity contribution in [2.75, 3.05) is 19.6 Å². The van der Waals surface area contributed by atoms with Gasteiger partial charge in [-0.1, -0.05) is 42.5 Å². The summed E-state index contributed by atoms with van der Waals surface area (Å²) in [5, 5.41) is 27.2. The largest absolute Gasteiger partial charge is 0.508 e. The third kappa shape index (κ3) is 15.9. The summed E-state index contributed by atoms with van der Waals surface area (Å²) in [6.07, 6.45) is -2.60. The molecule has 0 aromatic heterocycles. The molecule has 17 nitrogen and oxygen atoms in total. The minimum atomic E-state index is -5.08. The van der Waals surface area contributed by atoms with Crippen LogP contribution in [0.3, 0.4) is 0 Å². The predicted octanol–water partition coefficient (Wildman–Crippen LogP) is -0.666. The number of aliphatic carboxylic acids is 1. The number of aromatic hydroxyl groups is 1. The molecule has 1 fully saturated rings. The van der Waals surface area contributed by atoms with Crippen molar-refractivity contribution in [3.63, 3.8) is 0 Å². The van der Waals surface area contributed by atoms with Gasteiger partial charge in [0.15, 0.2) is 0 Å². The second kappa shape index (κ2) is 22.6. The van der Waals surface area contributed by atoms with Crippen LogP contribution in [0.15, 0.2) is 54.6 Å². The summed E-state index contributed by atoms with van der Waals surface area (Å²) in [6.45, 7) is 1.66. The number of carboxylic acids is 1. The van der Waals surface area contributed by atoms with E-state index in [-0.39, 0.29) is 31.6 Å². The van der Waals surface area contributed by atoms with Gasteiger partial charge in [-0.2, -0.15) is 13.2 Å². The Morgan fingerprint density at radius 1 is 0.857 bits per heavy atom. The Morgan fingerprint density at radius 2 is 1.43 bits per heavy atom. The van der Waals surface area contributed by atoms with Crippen molar-refractivity contribution in [3.8, 4) is 5.75 Å². The topological polar surface area (TPSA) is 289 Å². The molecule has 3 rings (SSSR count). The van der Waals surface area contributed by atoms with Gasteiger partial charge in [-0.05, 0) is 68.8 Å². The van der Waals surface area contributed by atoms with Crippen LogP contribution in [0, 0.1) is 0 Å². The lowest BCUT2D eigenvalue weighted by molar-refractivity contribution is -0.192. The van der Waals surface area contributed by atoms with Gasteiger partial charge in [-0.3, -0.25) is 28.8 Å². The van der Waals surface area contributed by atoms with E-state index in [4.69, 9.17) is 27.1 Å². The fourth-order valence-electron chi connectivity index (χ4n) is 5.51. The summed E-state index contributed by atoms with van der Waals surface area (Å²) < 4.78 is 31.7. The van der Waals surface area contributed by atoms with Crippen molar-refractivity contribution in [1.82, 2.24) is 26.2 Å². The van der Waals surface area contributed by atoms with E-state index in [2.05, 4.69) is 21.3 Å². The van der Waals surface area contributed by atoms with Crippen LogP contribution in [-0.4, -0.2) is 113 Å². The van der Waals surface area contributed by atoms with Gasteiger partial charge in [-0.25, -0.2) is 4.79 Å². The first kappa shape index (κ1) is 46.4. The summed E-state index contributed by atoms with van der Waals surface area (Å²) >= 11 is 0. The third-order valence-corrected chi connectivity index (χ3v) is 8.45. The van der Waals surface area contributed by atoms with E-state index < -0.39 is 84.3 Å². The number of phenols is 1. The zero-order valence-corrected chi connectivity index (χ0v) is 30.7. The Balaban J connectivity index is 0.00000141. The average Bonchev–Trinajstić information content (AvgIpc) is 3.64. The molecule has 0 bridgehead atoms. The number of benzene rings is 2. The molecule has 20 heteroatoms. The van der Waals surface area contributed by atoms with Crippen LogP contribution < -0.4 is 38.5 Å². The minimum Gasteiger partial charge on any atom is -0.508 e. The predicted molar refractivity (Wildman–Crippen MR) is 195 cm³/mol. The number of rotatable bonds is 18. The van der Waals surface area contributed by atoms with Crippen molar-refractivity contribution >= 4 is 41.4 Å². The normalized spacial score (nSPS) is 15.8. The number of halogens is 3. The number of likely N-dealkylation sites (tertiary alicyclic amines) is 1. The second-order valence-electron chi connectivity index (χ2n) is 13.0. The lowest BCUT2D eigenvalue weighted by atomic mass is 10.0. The molecule has 56 heavy (non-hydrogen) atoms. The van der Waals surface area contributed by atoms with Crippen LogP contribution in [0.2, 0.25) is 0 Å². The highest BCUT2D eigenvalue weighted by molar-refractivity contribution is 5.96. The maximum absolute atomic E-state index is 13.7. The second-order valence-corrected chi connectivity index (χ2v) is 13.0. The highest BCUT2D eigenvalue weighted by Gasteiger charge is 2.39. The molecule has 1 aliphatic rings. The molecule has 2 aromatic carbocycles. The fraction of sp³-hybridized carbons (Fsp3) is 0.472. The van der Waals surface area contributed by atoms with Crippen molar-refractivity contribution < 1.29 is 56.9 Å². The van der Waals surface area contributed by atoms with Crippen LogP contribution in [0.25, 0.3) is 0 Å². The molecule has 6 amide bonds. The lowest BCUT2D eigenvalue weighted by Crippen LogP contribution is -2.57. The van der Waals surface area contributed by atoms with Crippen molar-refractivity contribution in [3.05, 3.63) is 65.7 Å². The number of nitrogens with zero attached hydrogens (tertiary/aromatic N) is 1. The summed E-state index contributed by atoms with van der Waals surface area (Å²) in [4.78, 5) is 88.1. The molecule has 1 saturated heterocycles. The number of carbonyl (C=O) groups excluding carboxylic acids is 6. The van der Waals surface area contributed by atoms with E-state index in [0.717, 1.165) is 5.56 Å². The highest BCUT2D eigenvalue weighted by atomic mass is 19.4. The number of hydrogen-bond acceptors (Lipinski definition) is 10. The number of phenolic OH excluding ortho intramolecular Hbond substituents is 1. The molecule has 1 heterocycles. The number of primary amides is 1. The fourth-order valence-corrected chi connectivity index (χ4v) is 5.51. The van der Waals surface area contributed by atoms with Crippen LogP contribution >= 0.6 is 0 Å². The number of nitrogens with two attached hydrogens (primary N) is 3. The third-order valence-electron chi connectivity index (χ3n) is 8.45. The van der Waals surface area contributed by atoms with Gasteiger partial charge in [-0.15, -0.1) is 0 Å². The van der Waals surface area contributed by atoms with Gasteiger partial charge in [0.25, 0.3) is 0 Å². The molecular weight excluding hydrogens is 745 g/mol. The Morgan fingerprint density at radius 3 is 1.98 bits per heavy atom. The molecule has 2 aromatic rings. The summed E-state index contributed by atoms with van der Waals surface area (Å²) in [7, 11) is 0. The average molecular weight is 795 g/mol. The molecule has 0 saturated carbocycles. The summed E-state index contributed by atoms with van der Waals surface area (Å²) in [6, 6.07) is 10.4. The Hall–Kier alpha value is -5.76. The molecular formula is C36H49F3N8O9. The number of carboxylic acid groups (broad SMARTS) is 1. The Kier molecular flexibility index (Phi) is 18.7. The number of nitrogens with one attached hydrogen (secondary N) is 4. The molecule has 12 N–H and O–H groups in total. The first-order valence-corrected chi connectivity index (χ1v) is 17.7. The van der Waals surface area contributed by atoms with E-state index in [1.807, 2.05) is 6.07 Å². The Labute approximate surface area is 320 Å². The van der Waals surface area contributed by atoms with E-state index in [1.54, 1.807) is 36.4 Å². The van der Waals surface area contributed by atoms with Gasteiger partial charge in [0.1, 0.15) is 29.9 Å². The summed E-state index contributed by atoms with van der Waals surface area (Å²) in [5.41, 5.74) is 18.4. The van der Waals surface area contributed by atoms with Crippen molar-refractivity contribution in [1.29, 1.82) is 0 Å². The van der Waals surface area contributed by atoms with Crippen LogP contribution in [0.4, 0.5) is 13.2 Å². The first-order valence-electron chi connectivity index (χ1n) is 17.7. The molecule has 0 radical (unpaired) electrons. The van der Waals surface area contributed by atoms with E-state index in [9.17, 15) is 47.0 Å². The summed E-state index contributed by atoms with van der Waals surface area (Å²) in [5.74, 6) is -6.28. The van der Waals surface area contributed by atoms with Crippen LogP contribution in [0.5, 0.6) is 5.75 Å². The number of hydrogen-bond donors (Lipinski definition) is 9. The standard InChI is InChI=1S/C34H48N8O7.C2HF3O2/c1-21(36)31(46)41-27(19-23-12-14-24(43)15-13-23)34(49)42-17-7-11-28(42)33(48)38-20-29(44)39-25(10-5-6-16-35)32(47)40-26(30(37)45)18-22-8-3-2-4-9-22;3-2(4,5)1(6)7/h2-4,8-9,12-15,21,25-28,43H,5-7,10-11,16-20,35-36H2,1H3,(H2,37,45)(H,38,48)(H,39,44)(H,40,47)(H,41,46);(H,6,7)/t21-,25-,26-,27-,28?;/m0./s1. The van der Waals surface area contributed by atoms with E-state index >= 15 is 0 Å². The highest BCUT2D eigenvalue weighted by Crippen LogP contribution is 2.21. The van der Waals surface area contributed by atoms with E-state index in [0.29, 0.717) is 37.8 Å². The molecule has 1 aliphatic heterocycles. The van der Waals surface area contributed by atoms with Gasteiger partial charge in [0.2, 0.25) is 35.4 Å². The molecule has 308 valence electrons. The molecule has 0 spiro atoms. The number of unbranched alkanes of at least 4 members (excludes halogenated alkanes) is 1. The van der Waals surface area contributed by atoms with Gasteiger partial charge in [0.05, 0.1) is 12.6 Å². The van der Waals surface area contributed by atoms with Gasteiger partial charge >= 0.3 is 12.1 Å². The van der Waals surface area contributed by atoms with Gasteiger partial charge in [0, 0.05) is 19.4 Å². The minimum absolute atomic E-state index is 0.0481. The van der Waals surface area contributed by atoms with Crippen LogP contribution in [0.1, 0.15) is 50.2 Å². The molecule has 1 unspecified atom stereocenters. The van der Waals surface area contributed by atoms with E-state index in [1.165, 1.54) is 24.0 Å². The SMILES string of the molecule is C[C@H](N)C(=O)N[C@@H](Cc1ccc(O)cc1)C(=O)N1CCCC1C(=O)NCC(=O)N[C@@H](CCCCN)C(=O)N[C@@H](Cc1ccccc1)C(N)=O.O=C(O)C(F)(F)F. The zero-order valence-electron chi connectivity index (χ0n) is 30.7. The van der Waals surface area contributed by atoms with Gasteiger partial charge < -0.3 is 53.6 Å². The van der Waals surface area contributed by atoms with Crippen LogP contribution in [-0.2, 0) is 46.4 Å². The maximum atomic E-state index is 13.7. The maximum Gasteiger partial charge on any atom is 0.490 e. The monoisotopic (exact) mass is 794 g/mol. The van der Waals surface area contributed by atoms with Crippen molar-refractivity contribution in [2.45, 2.75) is 88.3 Å². The van der Waals surface area contributed by atoms with Crippen molar-refractivity contribution in [2.24, 2.45) is 17.2 Å². The smallest absolute Gasteiger partial charge is 0.490 e. The quantitative estimate of drug-likeness (QED) is 0.0854.